The van der Waals surface area contributed by atoms with Gasteiger partial charge in [0.15, 0.2) is 0 Å². The van der Waals surface area contributed by atoms with E-state index in [2.05, 4.69) is 15.6 Å². The minimum absolute atomic E-state index is 0.117. The SMILES string of the molecule is Cc1ccc(C)c(CC(=O)Nc2ccc(NC(=O)OC(C)(C)C)nc2)c1. The van der Waals surface area contributed by atoms with Gasteiger partial charge in [0.05, 0.1) is 18.3 Å². The topological polar surface area (TPSA) is 80.3 Å². The van der Waals surface area contributed by atoms with Crippen LogP contribution in [0.1, 0.15) is 37.5 Å². The van der Waals surface area contributed by atoms with E-state index in [9.17, 15) is 9.59 Å². The van der Waals surface area contributed by atoms with Crippen LogP contribution in [0.5, 0.6) is 0 Å². The fourth-order valence-electron chi connectivity index (χ4n) is 2.32. The van der Waals surface area contributed by atoms with Crippen LogP contribution in [0, 0.1) is 13.8 Å². The van der Waals surface area contributed by atoms with E-state index in [0.717, 1.165) is 16.7 Å². The molecular formula is C20H25N3O3. The Kier molecular flexibility index (Phi) is 5.97. The lowest BCUT2D eigenvalue weighted by Gasteiger charge is -2.19. The van der Waals surface area contributed by atoms with E-state index >= 15 is 0 Å². The molecule has 0 fully saturated rings. The summed E-state index contributed by atoms with van der Waals surface area (Å²) in [6.45, 7) is 9.35. The van der Waals surface area contributed by atoms with Crippen molar-refractivity contribution in [2.75, 3.05) is 10.6 Å². The van der Waals surface area contributed by atoms with Gasteiger partial charge in [0.2, 0.25) is 5.91 Å². The Bertz CT molecular complexity index is 793. The lowest BCUT2D eigenvalue weighted by atomic mass is 10.0. The number of ether oxygens (including phenoxy) is 1. The molecule has 2 N–H and O–H groups in total. The minimum atomic E-state index is -0.577. The van der Waals surface area contributed by atoms with Crippen molar-refractivity contribution in [2.45, 2.75) is 46.6 Å². The zero-order chi connectivity index (χ0) is 19.3. The summed E-state index contributed by atoms with van der Waals surface area (Å²) in [4.78, 5) is 28.1. The van der Waals surface area contributed by atoms with Gasteiger partial charge in [-0.1, -0.05) is 23.8 Å². The van der Waals surface area contributed by atoms with Crippen molar-refractivity contribution in [3.63, 3.8) is 0 Å². The molecule has 2 amide bonds. The maximum Gasteiger partial charge on any atom is 0.413 e. The molecule has 1 aromatic carbocycles. The van der Waals surface area contributed by atoms with E-state index in [1.807, 2.05) is 32.0 Å². The van der Waals surface area contributed by atoms with Crippen molar-refractivity contribution in [1.82, 2.24) is 4.98 Å². The third-order valence-electron chi connectivity index (χ3n) is 3.53. The van der Waals surface area contributed by atoms with Crippen LogP contribution in [0.2, 0.25) is 0 Å². The van der Waals surface area contributed by atoms with Crippen molar-refractivity contribution >= 4 is 23.5 Å². The summed E-state index contributed by atoms with van der Waals surface area (Å²) in [5, 5.41) is 5.36. The number of aryl methyl sites for hydroxylation is 2. The second-order valence-electron chi connectivity index (χ2n) is 7.21. The average Bonchev–Trinajstić information content (AvgIpc) is 2.51. The summed E-state index contributed by atoms with van der Waals surface area (Å²) in [5.74, 6) is 0.236. The second-order valence-corrected chi connectivity index (χ2v) is 7.21. The van der Waals surface area contributed by atoms with Gasteiger partial charge in [-0.05, 0) is 57.9 Å². The van der Waals surface area contributed by atoms with Gasteiger partial charge in [-0.15, -0.1) is 0 Å². The monoisotopic (exact) mass is 355 g/mol. The van der Waals surface area contributed by atoms with Crippen molar-refractivity contribution < 1.29 is 14.3 Å². The quantitative estimate of drug-likeness (QED) is 0.860. The normalized spacial score (nSPS) is 11.0. The Labute approximate surface area is 154 Å². The highest BCUT2D eigenvalue weighted by molar-refractivity contribution is 5.92. The van der Waals surface area contributed by atoms with Crippen LogP contribution in [-0.2, 0) is 16.0 Å². The van der Waals surface area contributed by atoms with Crippen LogP contribution in [0.25, 0.3) is 0 Å². The third kappa shape index (κ3) is 6.20. The van der Waals surface area contributed by atoms with Crippen molar-refractivity contribution in [2.24, 2.45) is 0 Å². The number of carbonyl (C=O) groups is 2. The molecule has 0 atom stereocenters. The minimum Gasteiger partial charge on any atom is -0.444 e. The largest absolute Gasteiger partial charge is 0.444 e. The number of hydrogen-bond donors (Lipinski definition) is 2. The van der Waals surface area contributed by atoms with Crippen molar-refractivity contribution in [3.8, 4) is 0 Å². The molecule has 0 radical (unpaired) electrons. The molecule has 2 aromatic rings. The van der Waals surface area contributed by atoms with Crippen LogP contribution >= 0.6 is 0 Å². The first-order valence-electron chi connectivity index (χ1n) is 8.44. The maximum absolute atomic E-state index is 12.2. The number of rotatable bonds is 4. The molecule has 6 nitrogen and oxygen atoms in total. The predicted octanol–water partition coefficient (Wildman–Crippen LogP) is 4.23. The number of pyridine rings is 1. The molecule has 1 heterocycles. The summed E-state index contributed by atoms with van der Waals surface area (Å²) in [5.41, 5.74) is 3.19. The first-order chi connectivity index (χ1) is 12.1. The number of nitrogens with zero attached hydrogens (tertiary/aromatic N) is 1. The van der Waals surface area contributed by atoms with Crippen LogP contribution in [0.15, 0.2) is 36.5 Å². The lowest BCUT2D eigenvalue weighted by Crippen LogP contribution is -2.27. The zero-order valence-electron chi connectivity index (χ0n) is 15.8. The van der Waals surface area contributed by atoms with Crippen LogP contribution in [-0.4, -0.2) is 22.6 Å². The smallest absolute Gasteiger partial charge is 0.413 e. The number of nitrogens with one attached hydrogen (secondary N) is 2. The summed E-state index contributed by atoms with van der Waals surface area (Å²) < 4.78 is 5.16. The molecule has 1 aromatic heterocycles. The van der Waals surface area contributed by atoms with E-state index in [-0.39, 0.29) is 5.91 Å². The summed E-state index contributed by atoms with van der Waals surface area (Å²) in [7, 11) is 0. The number of benzene rings is 1. The maximum atomic E-state index is 12.2. The van der Waals surface area contributed by atoms with E-state index in [0.29, 0.717) is 17.9 Å². The third-order valence-corrected chi connectivity index (χ3v) is 3.53. The van der Waals surface area contributed by atoms with Crippen LogP contribution < -0.4 is 10.6 Å². The van der Waals surface area contributed by atoms with Crippen LogP contribution in [0.4, 0.5) is 16.3 Å². The molecular weight excluding hydrogens is 330 g/mol. The fraction of sp³-hybridized carbons (Fsp3) is 0.350. The van der Waals surface area contributed by atoms with Gasteiger partial charge in [0.25, 0.3) is 0 Å². The number of anilines is 2. The molecule has 0 unspecified atom stereocenters. The fourth-order valence-corrected chi connectivity index (χ4v) is 2.32. The molecule has 0 saturated carbocycles. The highest BCUT2D eigenvalue weighted by Crippen LogP contribution is 2.15. The summed E-state index contributed by atoms with van der Waals surface area (Å²) in [6.07, 6.45) is 1.22. The zero-order valence-corrected chi connectivity index (χ0v) is 15.8. The highest BCUT2D eigenvalue weighted by atomic mass is 16.6. The van der Waals surface area contributed by atoms with Gasteiger partial charge in [0, 0.05) is 0 Å². The van der Waals surface area contributed by atoms with Gasteiger partial charge in [-0.2, -0.15) is 0 Å². The first-order valence-corrected chi connectivity index (χ1v) is 8.44. The summed E-state index contributed by atoms with van der Waals surface area (Å²) >= 11 is 0. The lowest BCUT2D eigenvalue weighted by molar-refractivity contribution is -0.115. The molecule has 6 heteroatoms. The van der Waals surface area contributed by atoms with Gasteiger partial charge < -0.3 is 10.1 Å². The van der Waals surface area contributed by atoms with E-state index in [1.54, 1.807) is 32.9 Å². The Balaban J connectivity index is 1.93. The van der Waals surface area contributed by atoms with E-state index in [4.69, 9.17) is 4.74 Å². The van der Waals surface area contributed by atoms with E-state index < -0.39 is 11.7 Å². The first kappa shape index (κ1) is 19.4. The molecule has 0 spiro atoms. The number of carbonyl (C=O) groups excluding carboxylic acids is 2. The highest BCUT2D eigenvalue weighted by Gasteiger charge is 2.16. The standard InChI is InChI=1S/C20H25N3O3/c1-13-6-7-14(2)15(10-13)11-18(24)22-16-8-9-17(21-12-16)23-19(25)26-20(3,4)5/h6-10,12H,11H2,1-5H3,(H,22,24)(H,21,23,25). The van der Waals surface area contributed by atoms with Crippen molar-refractivity contribution in [1.29, 1.82) is 0 Å². The van der Waals surface area contributed by atoms with Crippen molar-refractivity contribution in [3.05, 3.63) is 53.2 Å². The van der Waals surface area contributed by atoms with Gasteiger partial charge in [0.1, 0.15) is 11.4 Å². The van der Waals surface area contributed by atoms with Gasteiger partial charge in [-0.3, -0.25) is 10.1 Å². The predicted molar refractivity (Wildman–Crippen MR) is 102 cm³/mol. The summed E-state index contributed by atoms with van der Waals surface area (Å²) in [6, 6.07) is 9.34. The average molecular weight is 355 g/mol. The van der Waals surface area contributed by atoms with Gasteiger partial charge >= 0.3 is 6.09 Å². The Hall–Kier alpha value is -2.89. The van der Waals surface area contributed by atoms with Crippen LogP contribution in [0.3, 0.4) is 0 Å². The Morgan fingerprint density at radius 1 is 1.08 bits per heavy atom. The molecule has 0 aliphatic heterocycles. The number of aromatic nitrogens is 1. The Morgan fingerprint density at radius 3 is 2.42 bits per heavy atom. The molecule has 0 bridgehead atoms. The molecule has 0 saturated heterocycles. The molecule has 0 aliphatic carbocycles. The molecule has 2 rings (SSSR count). The number of hydrogen-bond acceptors (Lipinski definition) is 4. The van der Waals surface area contributed by atoms with Gasteiger partial charge in [-0.25, -0.2) is 9.78 Å². The second kappa shape index (κ2) is 7.99. The number of amides is 2. The Morgan fingerprint density at radius 2 is 1.81 bits per heavy atom. The molecule has 138 valence electrons. The molecule has 0 aliphatic rings. The molecule has 26 heavy (non-hydrogen) atoms. The van der Waals surface area contributed by atoms with E-state index in [1.165, 1.54) is 6.20 Å².